The molecule has 4 bridgehead atoms. The van der Waals surface area contributed by atoms with Gasteiger partial charge in [0.15, 0.2) is 0 Å². The Labute approximate surface area is 103 Å². The summed E-state index contributed by atoms with van der Waals surface area (Å²) in [4.78, 5) is 13.9. The summed E-state index contributed by atoms with van der Waals surface area (Å²) in [5.74, 6) is 8.84. The Kier molecular flexibility index (Phi) is 2.87. The van der Waals surface area contributed by atoms with Gasteiger partial charge in [-0.1, -0.05) is 0 Å². The average Bonchev–Trinajstić information content (AvgIpc) is 2.27. The summed E-state index contributed by atoms with van der Waals surface area (Å²) < 4.78 is 0. The van der Waals surface area contributed by atoms with E-state index in [0.717, 1.165) is 23.7 Å². The maximum Gasteiger partial charge on any atom is 0.237 e. The van der Waals surface area contributed by atoms with Gasteiger partial charge in [0.1, 0.15) is 0 Å². The molecule has 1 amide bonds. The first kappa shape index (κ1) is 11.5. The Bertz CT molecular complexity index is 290. The molecular formula is C13H23N3O. The molecule has 4 aliphatic rings. The number of rotatable bonds is 3. The van der Waals surface area contributed by atoms with E-state index in [0.29, 0.717) is 6.04 Å². The maximum absolute atomic E-state index is 11.9. The van der Waals surface area contributed by atoms with E-state index in [1.807, 2.05) is 11.9 Å². The van der Waals surface area contributed by atoms with Crippen molar-refractivity contribution in [3.63, 3.8) is 0 Å². The van der Waals surface area contributed by atoms with Gasteiger partial charge in [-0.25, -0.2) is 0 Å². The van der Waals surface area contributed by atoms with Crippen LogP contribution in [0.1, 0.15) is 32.1 Å². The molecule has 0 saturated heterocycles. The first-order valence-corrected chi connectivity index (χ1v) is 6.88. The molecule has 0 aliphatic heterocycles. The van der Waals surface area contributed by atoms with Crippen LogP contribution in [0.15, 0.2) is 0 Å². The number of hydrazine groups is 1. The number of nitrogens with zero attached hydrogens (tertiary/aromatic N) is 1. The zero-order valence-electron chi connectivity index (χ0n) is 10.6. The summed E-state index contributed by atoms with van der Waals surface area (Å²) in [6.45, 7) is 0.263. The molecule has 0 heterocycles. The van der Waals surface area contributed by atoms with Crippen molar-refractivity contribution in [2.24, 2.45) is 29.5 Å². The SMILES string of the molecule is CN(C(=O)CNN)C1C2CC3CC(C2)CC1C3. The molecule has 0 aromatic heterocycles. The lowest BCUT2D eigenvalue weighted by molar-refractivity contribution is -0.140. The van der Waals surface area contributed by atoms with Crippen LogP contribution in [0.25, 0.3) is 0 Å². The molecule has 0 unspecified atom stereocenters. The van der Waals surface area contributed by atoms with Crippen LogP contribution in [0.4, 0.5) is 0 Å². The lowest BCUT2D eigenvalue weighted by Gasteiger charge is -2.56. The molecule has 0 aromatic rings. The van der Waals surface area contributed by atoms with E-state index < -0.39 is 0 Å². The minimum absolute atomic E-state index is 0.143. The number of nitrogens with two attached hydrogens (primary N) is 1. The van der Waals surface area contributed by atoms with Crippen LogP contribution in [-0.4, -0.2) is 30.4 Å². The zero-order chi connectivity index (χ0) is 12.0. The van der Waals surface area contributed by atoms with Gasteiger partial charge in [0, 0.05) is 13.1 Å². The molecule has 96 valence electrons. The fraction of sp³-hybridized carbons (Fsp3) is 0.923. The Balaban J connectivity index is 1.73. The van der Waals surface area contributed by atoms with Crippen LogP contribution in [0.5, 0.6) is 0 Å². The first-order valence-electron chi connectivity index (χ1n) is 6.88. The summed E-state index contributed by atoms with van der Waals surface area (Å²) in [7, 11) is 1.96. The van der Waals surface area contributed by atoms with Gasteiger partial charge < -0.3 is 4.90 Å². The van der Waals surface area contributed by atoms with Crippen molar-refractivity contribution < 1.29 is 4.79 Å². The lowest BCUT2D eigenvalue weighted by Crippen LogP contribution is -2.57. The van der Waals surface area contributed by atoms with E-state index in [4.69, 9.17) is 5.84 Å². The highest BCUT2D eigenvalue weighted by Crippen LogP contribution is 2.54. The second-order valence-electron chi connectivity index (χ2n) is 6.31. The normalized spacial score (nSPS) is 42.8. The van der Waals surface area contributed by atoms with Gasteiger partial charge in [-0.3, -0.25) is 16.1 Å². The van der Waals surface area contributed by atoms with Crippen molar-refractivity contribution in [3.8, 4) is 0 Å². The predicted molar refractivity (Wildman–Crippen MR) is 65.8 cm³/mol. The van der Waals surface area contributed by atoms with Crippen LogP contribution in [-0.2, 0) is 4.79 Å². The molecule has 0 atom stereocenters. The van der Waals surface area contributed by atoms with Crippen LogP contribution in [0.3, 0.4) is 0 Å². The van der Waals surface area contributed by atoms with E-state index in [-0.39, 0.29) is 12.5 Å². The highest BCUT2D eigenvalue weighted by Gasteiger charge is 2.50. The maximum atomic E-state index is 11.9. The monoisotopic (exact) mass is 237 g/mol. The molecule has 4 heteroatoms. The summed E-state index contributed by atoms with van der Waals surface area (Å²) in [5.41, 5.74) is 2.48. The second-order valence-corrected chi connectivity index (χ2v) is 6.31. The summed E-state index contributed by atoms with van der Waals surface area (Å²) in [5, 5.41) is 0. The summed E-state index contributed by atoms with van der Waals surface area (Å²) >= 11 is 0. The third kappa shape index (κ3) is 1.87. The fourth-order valence-electron chi connectivity index (χ4n) is 4.91. The number of likely N-dealkylation sites (N-methyl/N-ethyl adjacent to an activating group) is 1. The molecule has 4 saturated carbocycles. The topological polar surface area (TPSA) is 58.4 Å². The zero-order valence-corrected chi connectivity index (χ0v) is 10.6. The van der Waals surface area contributed by atoms with Gasteiger partial charge in [-0.05, 0) is 55.8 Å². The van der Waals surface area contributed by atoms with Crippen LogP contribution < -0.4 is 11.3 Å². The molecule has 4 nitrogen and oxygen atoms in total. The highest BCUT2D eigenvalue weighted by molar-refractivity contribution is 5.78. The fourth-order valence-corrected chi connectivity index (χ4v) is 4.91. The Morgan fingerprint density at radius 1 is 1.18 bits per heavy atom. The van der Waals surface area contributed by atoms with Crippen LogP contribution in [0.2, 0.25) is 0 Å². The van der Waals surface area contributed by atoms with Gasteiger partial charge in [-0.2, -0.15) is 0 Å². The minimum atomic E-state index is 0.143. The highest BCUT2D eigenvalue weighted by atomic mass is 16.2. The van der Waals surface area contributed by atoms with Crippen LogP contribution in [0, 0.1) is 23.7 Å². The van der Waals surface area contributed by atoms with Crippen molar-refractivity contribution in [2.75, 3.05) is 13.6 Å². The smallest absolute Gasteiger partial charge is 0.237 e. The standard InChI is InChI=1S/C13H23N3O/c1-16(12(17)7-15-14)13-10-3-8-2-9(5-10)6-11(13)4-8/h8-11,13,15H,2-7,14H2,1H3. The molecule has 4 rings (SSSR count). The van der Waals surface area contributed by atoms with Crippen LogP contribution >= 0.6 is 0 Å². The molecule has 4 aliphatic carbocycles. The summed E-state index contributed by atoms with van der Waals surface area (Å²) in [6.07, 6.45) is 6.87. The number of carbonyl (C=O) groups excluding carboxylic acids is 1. The number of amides is 1. The Morgan fingerprint density at radius 2 is 1.71 bits per heavy atom. The van der Waals surface area contributed by atoms with E-state index in [2.05, 4.69) is 5.43 Å². The third-order valence-corrected chi connectivity index (χ3v) is 5.27. The molecule has 0 spiro atoms. The average molecular weight is 237 g/mol. The number of hydrogen-bond donors (Lipinski definition) is 2. The quantitative estimate of drug-likeness (QED) is 0.562. The van der Waals surface area contributed by atoms with E-state index in [1.54, 1.807) is 0 Å². The van der Waals surface area contributed by atoms with Gasteiger partial charge in [0.05, 0.1) is 6.54 Å². The second kappa shape index (κ2) is 4.25. The Morgan fingerprint density at radius 3 is 2.18 bits per heavy atom. The third-order valence-electron chi connectivity index (χ3n) is 5.27. The van der Waals surface area contributed by atoms with Crippen molar-refractivity contribution in [3.05, 3.63) is 0 Å². The molecule has 4 fully saturated rings. The largest absolute Gasteiger partial charge is 0.341 e. The molecule has 3 N–H and O–H groups in total. The summed E-state index contributed by atoms with van der Waals surface area (Å²) in [6, 6.07) is 0.489. The van der Waals surface area contributed by atoms with Crippen molar-refractivity contribution in [1.82, 2.24) is 10.3 Å². The predicted octanol–water partition coefficient (Wildman–Crippen LogP) is 0.733. The number of carbonyl (C=O) groups is 1. The van der Waals surface area contributed by atoms with E-state index in [9.17, 15) is 4.79 Å². The van der Waals surface area contributed by atoms with Crippen molar-refractivity contribution in [2.45, 2.75) is 38.1 Å². The first-order chi connectivity index (χ1) is 8.19. The van der Waals surface area contributed by atoms with E-state index >= 15 is 0 Å². The van der Waals surface area contributed by atoms with Gasteiger partial charge >= 0.3 is 0 Å². The van der Waals surface area contributed by atoms with E-state index in [1.165, 1.54) is 32.1 Å². The van der Waals surface area contributed by atoms with Gasteiger partial charge in [-0.15, -0.1) is 0 Å². The Hall–Kier alpha value is -0.610. The molecule has 17 heavy (non-hydrogen) atoms. The lowest BCUT2D eigenvalue weighted by atomic mass is 9.54. The van der Waals surface area contributed by atoms with Crippen molar-refractivity contribution >= 4 is 5.91 Å². The van der Waals surface area contributed by atoms with Gasteiger partial charge in [0.2, 0.25) is 5.91 Å². The number of nitrogens with one attached hydrogen (secondary N) is 1. The molecular weight excluding hydrogens is 214 g/mol. The molecule has 0 aromatic carbocycles. The van der Waals surface area contributed by atoms with Gasteiger partial charge in [0.25, 0.3) is 0 Å². The number of hydrogen-bond acceptors (Lipinski definition) is 3. The minimum Gasteiger partial charge on any atom is -0.341 e. The molecule has 0 radical (unpaired) electrons. The van der Waals surface area contributed by atoms with Crippen molar-refractivity contribution in [1.29, 1.82) is 0 Å².